The highest BCUT2D eigenvalue weighted by Gasteiger charge is 2.28. The number of nitrogens with one attached hydrogen (secondary N) is 1. The van der Waals surface area contributed by atoms with E-state index < -0.39 is 20.0 Å². The van der Waals surface area contributed by atoms with E-state index in [1.54, 1.807) is 6.08 Å². The third-order valence-electron chi connectivity index (χ3n) is 15.0. The van der Waals surface area contributed by atoms with E-state index in [0.717, 1.165) is 51.4 Å². The van der Waals surface area contributed by atoms with E-state index in [1.165, 1.54) is 250 Å². The fourth-order valence-corrected chi connectivity index (χ4v) is 10.6. The summed E-state index contributed by atoms with van der Waals surface area (Å²) in [6, 6.07) is -0.847. The van der Waals surface area contributed by atoms with E-state index in [4.69, 9.17) is 9.05 Å². The number of phosphoric ester groups is 1. The Kier molecular flexibility index (Phi) is 56.9. The summed E-state index contributed by atoms with van der Waals surface area (Å²) < 4.78 is 23.8. The van der Waals surface area contributed by atoms with E-state index in [2.05, 4.69) is 55.6 Å². The average Bonchev–Trinajstić information content (AvgIpc) is 3.38. The molecule has 0 aliphatic heterocycles. The Morgan fingerprint density at radius 2 is 0.750 bits per heavy atom. The quantitative estimate of drug-likeness (QED) is 0.0243. The van der Waals surface area contributed by atoms with Crippen LogP contribution in [-0.4, -0.2) is 73.4 Å². The van der Waals surface area contributed by atoms with Crippen LogP contribution in [0.2, 0.25) is 0 Å². The molecule has 448 valence electrons. The smallest absolute Gasteiger partial charge is 0.387 e. The molecule has 3 atom stereocenters. The number of aliphatic hydroxyl groups excluding tert-OH is 1. The summed E-state index contributed by atoms with van der Waals surface area (Å²) in [6.45, 7) is 4.85. The molecule has 0 aliphatic rings. The summed E-state index contributed by atoms with van der Waals surface area (Å²) in [6.07, 6.45) is 78.1. The molecule has 76 heavy (non-hydrogen) atoms. The molecule has 9 heteroatoms. The Balaban J connectivity index is 4.06. The van der Waals surface area contributed by atoms with Gasteiger partial charge in [0.2, 0.25) is 5.91 Å². The first-order chi connectivity index (χ1) is 37.0. The number of carbonyl (C=O) groups excluding carboxylic acids is 1. The molecule has 0 aliphatic carbocycles. The van der Waals surface area contributed by atoms with Gasteiger partial charge in [0.25, 0.3) is 0 Å². The predicted octanol–water partition coefficient (Wildman–Crippen LogP) is 20.7. The largest absolute Gasteiger partial charge is 0.472 e. The van der Waals surface area contributed by atoms with Gasteiger partial charge >= 0.3 is 7.82 Å². The maximum atomic E-state index is 13.0. The molecule has 0 heterocycles. The maximum Gasteiger partial charge on any atom is 0.472 e. The van der Waals surface area contributed by atoms with E-state index in [0.29, 0.717) is 17.4 Å². The monoisotopic (exact) mass is 1090 g/mol. The van der Waals surface area contributed by atoms with Gasteiger partial charge in [-0.25, -0.2) is 4.57 Å². The third-order valence-corrected chi connectivity index (χ3v) is 16.0. The number of likely N-dealkylation sites (N-methyl/N-ethyl adjacent to an activating group) is 1. The zero-order valence-corrected chi connectivity index (χ0v) is 52.2. The molecule has 0 fully saturated rings. The van der Waals surface area contributed by atoms with Crippen LogP contribution in [0.5, 0.6) is 0 Å². The molecule has 0 saturated heterocycles. The minimum atomic E-state index is -4.35. The Hall–Kier alpha value is -1.54. The number of quaternary nitrogens is 1. The van der Waals surface area contributed by atoms with Crippen molar-refractivity contribution in [2.75, 3.05) is 40.9 Å². The Bertz CT molecular complexity index is 1380. The molecule has 1 amide bonds. The first kappa shape index (κ1) is 74.5. The van der Waals surface area contributed by atoms with Crippen LogP contribution in [-0.2, 0) is 18.4 Å². The predicted molar refractivity (Wildman–Crippen MR) is 332 cm³/mol. The number of amides is 1. The van der Waals surface area contributed by atoms with Crippen molar-refractivity contribution in [3.05, 3.63) is 48.6 Å². The molecule has 3 N–H and O–H groups in total. The van der Waals surface area contributed by atoms with Crippen LogP contribution in [0.4, 0.5) is 0 Å². The number of carbonyl (C=O) groups is 1. The first-order valence-electron chi connectivity index (χ1n) is 33.0. The zero-order valence-electron chi connectivity index (χ0n) is 51.3. The lowest BCUT2D eigenvalue weighted by atomic mass is 10.0. The summed E-state index contributed by atoms with van der Waals surface area (Å²) in [5.41, 5.74) is 0. The third kappa shape index (κ3) is 60.1. The Labute approximate surface area is 473 Å². The second-order valence-electron chi connectivity index (χ2n) is 23.8. The lowest BCUT2D eigenvalue weighted by Crippen LogP contribution is -2.45. The average molecular weight is 1090 g/mol. The molecule has 8 nitrogen and oxygen atoms in total. The van der Waals surface area contributed by atoms with Crippen molar-refractivity contribution in [2.24, 2.45) is 0 Å². The summed E-state index contributed by atoms with van der Waals surface area (Å²) >= 11 is 0. The van der Waals surface area contributed by atoms with Gasteiger partial charge < -0.3 is 19.8 Å². The minimum absolute atomic E-state index is 0.0625. The molecular formula is C67H130N2O6P+. The number of rotatable bonds is 61. The number of nitrogens with zero attached hydrogens (tertiary/aromatic N) is 1. The first-order valence-corrected chi connectivity index (χ1v) is 34.5. The number of hydrogen-bond donors (Lipinski definition) is 3. The molecule has 0 bridgehead atoms. The van der Waals surface area contributed by atoms with E-state index in [-0.39, 0.29) is 19.1 Å². The molecule has 0 aromatic rings. The summed E-state index contributed by atoms with van der Waals surface area (Å²) in [7, 11) is 1.58. The van der Waals surface area contributed by atoms with Crippen LogP contribution in [0.1, 0.15) is 322 Å². The van der Waals surface area contributed by atoms with Gasteiger partial charge in [0.1, 0.15) is 13.2 Å². The van der Waals surface area contributed by atoms with Gasteiger partial charge in [0.05, 0.1) is 39.9 Å². The molecule has 0 saturated carbocycles. The van der Waals surface area contributed by atoms with Crippen molar-refractivity contribution in [1.82, 2.24) is 5.32 Å². The van der Waals surface area contributed by atoms with Crippen LogP contribution in [0.3, 0.4) is 0 Å². The van der Waals surface area contributed by atoms with Crippen LogP contribution in [0.15, 0.2) is 48.6 Å². The van der Waals surface area contributed by atoms with Gasteiger partial charge in [-0.05, 0) is 57.8 Å². The second-order valence-corrected chi connectivity index (χ2v) is 25.3. The lowest BCUT2D eigenvalue weighted by Gasteiger charge is -2.25. The standard InChI is InChI=1S/C67H129N2O6P/c1-6-8-10-12-14-16-18-20-22-24-26-28-29-30-31-32-33-34-35-36-37-38-39-41-43-45-47-49-51-53-55-57-59-61-67(71)68-65(64-75-76(72,73)74-63-62-69(3,4)5)66(70)60-58-56-54-52-50-48-46-44-42-40-27-25-23-21-19-17-15-13-11-9-7-2/h18,20,24,26,29-30,58,60,65-66,70H,6-17,19,21-23,25,27-28,31-57,59,61-64H2,1-5H3,(H-,68,71,72,73)/p+1/b20-18-,26-24-,30-29-,60-58+. The van der Waals surface area contributed by atoms with Crippen molar-refractivity contribution in [2.45, 2.75) is 334 Å². The van der Waals surface area contributed by atoms with Crippen LogP contribution in [0.25, 0.3) is 0 Å². The van der Waals surface area contributed by atoms with Crippen molar-refractivity contribution in [3.63, 3.8) is 0 Å². The van der Waals surface area contributed by atoms with Gasteiger partial charge in [-0.15, -0.1) is 0 Å². The lowest BCUT2D eigenvalue weighted by molar-refractivity contribution is -0.870. The van der Waals surface area contributed by atoms with E-state index in [9.17, 15) is 19.4 Å². The second kappa shape index (κ2) is 58.1. The van der Waals surface area contributed by atoms with Crippen LogP contribution < -0.4 is 5.32 Å². The van der Waals surface area contributed by atoms with Gasteiger partial charge in [-0.3, -0.25) is 13.8 Å². The molecular weight excluding hydrogens is 960 g/mol. The zero-order chi connectivity index (χ0) is 55.6. The molecule has 0 rings (SSSR count). The maximum absolute atomic E-state index is 13.0. The van der Waals surface area contributed by atoms with E-state index in [1.807, 2.05) is 27.2 Å². The van der Waals surface area contributed by atoms with Crippen molar-refractivity contribution >= 4 is 13.7 Å². The molecule has 0 spiro atoms. The highest BCUT2D eigenvalue weighted by atomic mass is 31.2. The molecule has 0 aromatic heterocycles. The number of hydrogen-bond acceptors (Lipinski definition) is 5. The highest BCUT2D eigenvalue weighted by molar-refractivity contribution is 7.47. The van der Waals surface area contributed by atoms with Gasteiger partial charge in [-0.2, -0.15) is 0 Å². The topological polar surface area (TPSA) is 105 Å². The Morgan fingerprint density at radius 1 is 0.447 bits per heavy atom. The number of phosphoric acid groups is 1. The molecule has 0 aromatic carbocycles. The van der Waals surface area contributed by atoms with E-state index >= 15 is 0 Å². The molecule has 3 unspecified atom stereocenters. The summed E-state index contributed by atoms with van der Waals surface area (Å²) in [4.78, 5) is 23.4. The highest BCUT2D eigenvalue weighted by Crippen LogP contribution is 2.43. The number of unbranched alkanes of at least 4 members (excludes halogenated alkanes) is 42. The van der Waals surface area contributed by atoms with Crippen LogP contribution >= 0.6 is 7.82 Å². The Morgan fingerprint density at radius 3 is 1.09 bits per heavy atom. The fourth-order valence-electron chi connectivity index (χ4n) is 9.88. The fraction of sp³-hybridized carbons (Fsp3) is 0.866. The van der Waals surface area contributed by atoms with Gasteiger partial charge in [-0.1, -0.05) is 306 Å². The SMILES string of the molecule is CCCCCCC/C=C\C/C=C\C/C=C\CCCCCCCCCCCCCCCCCCCCC(=O)NC(COP(=O)(O)OCC[N+](C)(C)C)C(O)/C=C/CCCCCCCCCCCCCCCCCCCCC. The van der Waals surface area contributed by atoms with Crippen LogP contribution in [0, 0.1) is 0 Å². The van der Waals surface area contributed by atoms with Gasteiger partial charge in [0.15, 0.2) is 0 Å². The minimum Gasteiger partial charge on any atom is -0.387 e. The normalized spacial score (nSPS) is 14.0. The number of allylic oxidation sites excluding steroid dienone is 7. The van der Waals surface area contributed by atoms with Crippen molar-refractivity contribution in [1.29, 1.82) is 0 Å². The molecule has 0 radical (unpaired) electrons. The summed E-state index contributed by atoms with van der Waals surface area (Å²) in [5, 5.41) is 14.0. The number of aliphatic hydroxyl groups is 1. The van der Waals surface area contributed by atoms with Crippen molar-refractivity contribution in [3.8, 4) is 0 Å². The summed E-state index contributed by atoms with van der Waals surface area (Å²) in [5.74, 6) is -0.172. The van der Waals surface area contributed by atoms with Gasteiger partial charge in [0, 0.05) is 6.42 Å². The van der Waals surface area contributed by atoms with Crippen molar-refractivity contribution < 1.29 is 32.9 Å².